The Morgan fingerprint density at radius 1 is 1.19 bits per heavy atom. The van der Waals surface area contributed by atoms with E-state index in [2.05, 4.69) is 22.5 Å². The molecule has 1 aromatic heterocycles. The minimum absolute atomic E-state index is 0.239. The minimum atomic E-state index is -0.239. The number of benzene rings is 1. The zero-order valence-electron chi connectivity index (χ0n) is 11.9. The smallest absolute Gasteiger partial charge is 0.274 e. The lowest BCUT2D eigenvalue weighted by Gasteiger charge is -2.08. The Hall–Kier alpha value is -2.07. The topological polar surface area (TPSA) is 54.0 Å². The van der Waals surface area contributed by atoms with Crippen molar-refractivity contribution in [3.8, 4) is 0 Å². The number of hydrogen-bond acceptors (Lipinski definition) is 3. The first-order valence-corrected chi connectivity index (χ1v) is 7.33. The van der Waals surface area contributed by atoms with Gasteiger partial charge in [0.25, 0.3) is 5.91 Å². The van der Waals surface area contributed by atoms with E-state index in [1.54, 1.807) is 36.5 Å². The number of carbonyl (C=O) groups excluding carboxylic acids is 1. The molecule has 2 rings (SSSR count). The molecule has 1 amide bonds. The molecule has 21 heavy (non-hydrogen) atoms. The van der Waals surface area contributed by atoms with Gasteiger partial charge in [0.1, 0.15) is 5.69 Å². The highest BCUT2D eigenvalue weighted by Crippen LogP contribution is 2.15. The molecule has 0 aliphatic rings. The van der Waals surface area contributed by atoms with Crippen LogP contribution in [0.5, 0.6) is 0 Å². The Morgan fingerprint density at radius 2 is 1.95 bits per heavy atom. The fourth-order valence-electron chi connectivity index (χ4n) is 1.80. The van der Waals surface area contributed by atoms with Crippen molar-refractivity contribution in [3.63, 3.8) is 0 Å². The molecular formula is C16H18ClN3O. The van der Waals surface area contributed by atoms with E-state index in [1.165, 1.54) is 0 Å². The summed E-state index contributed by atoms with van der Waals surface area (Å²) in [5.41, 5.74) is 1.97. The maximum atomic E-state index is 12.1. The van der Waals surface area contributed by atoms with Gasteiger partial charge in [-0.25, -0.2) is 0 Å². The third kappa shape index (κ3) is 4.76. The monoisotopic (exact) mass is 303 g/mol. The van der Waals surface area contributed by atoms with Crippen molar-refractivity contribution in [1.29, 1.82) is 0 Å². The van der Waals surface area contributed by atoms with Crippen LogP contribution in [-0.4, -0.2) is 17.4 Å². The molecule has 2 N–H and O–H groups in total. The van der Waals surface area contributed by atoms with Crippen LogP contribution in [0.15, 0.2) is 42.6 Å². The van der Waals surface area contributed by atoms with Crippen molar-refractivity contribution in [3.05, 3.63) is 53.3 Å². The van der Waals surface area contributed by atoms with Crippen molar-refractivity contribution in [2.24, 2.45) is 0 Å². The first kappa shape index (κ1) is 15.3. The molecule has 0 fully saturated rings. The van der Waals surface area contributed by atoms with Crippen molar-refractivity contribution in [2.75, 3.05) is 17.2 Å². The third-order valence-corrected chi connectivity index (χ3v) is 3.21. The summed E-state index contributed by atoms with van der Waals surface area (Å²) in [4.78, 5) is 16.2. The molecule has 0 bridgehead atoms. The quantitative estimate of drug-likeness (QED) is 0.786. The van der Waals surface area contributed by atoms with E-state index in [0.29, 0.717) is 16.4 Å². The van der Waals surface area contributed by atoms with Crippen LogP contribution in [0.4, 0.5) is 11.4 Å². The maximum Gasteiger partial charge on any atom is 0.274 e. The molecular weight excluding hydrogens is 286 g/mol. The van der Waals surface area contributed by atoms with Gasteiger partial charge in [0.15, 0.2) is 0 Å². The van der Waals surface area contributed by atoms with Gasteiger partial charge in [0.2, 0.25) is 0 Å². The Labute approximate surface area is 129 Å². The molecule has 0 unspecified atom stereocenters. The van der Waals surface area contributed by atoms with Gasteiger partial charge in [-0.05, 0) is 42.8 Å². The predicted molar refractivity (Wildman–Crippen MR) is 87.0 cm³/mol. The molecule has 2 aromatic rings. The molecule has 0 spiro atoms. The molecule has 0 aliphatic heterocycles. The normalized spacial score (nSPS) is 10.2. The number of rotatable bonds is 6. The number of aromatic nitrogens is 1. The average Bonchev–Trinajstić information content (AvgIpc) is 2.50. The van der Waals surface area contributed by atoms with Gasteiger partial charge in [-0.3, -0.25) is 9.78 Å². The number of anilines is 2. The van der Waals surface area contributed by atoms with Crippen LogP contribution in [0.1, 0.15) is 30.3 Å². The van der Waals surface area contributed by atoms with Crippen LogP contribution in [0.3, 0.4) is 0 Å². The van der Waals surface area contributed by atoms with Crippen molar-refractivity contribution in [2.45, 2.75) is 19.8 Å². The summed E-state index contributed by atoms with van der Waals surface area (Å²) >= 11 is 5.81. The highest BCUT2D eigenvalue weighted by Gasteiger charge is 2.08. The Kier molecular flexibility index (Phi) is 5.58. The van der Waals surface area contributed by atoms with E-state index in [9.17, 15) is 4.79 Å². The predicted octanol–water partition coefficient (Wildman–Crippen LogP) is 4.20. The van der Waals surface area contributed by atoms with Gasteiger partial charge in [0, 0.05) is 29.1 Å². The molecule has 0 saturated carbocycles. The third-order valence-electron chi connectivity index (χ3n) is 2.95. The number of nitrogens with zero attached hydrogens (tertiary/aromatic N) is 1. The van der Waals surface area contributed by atoms with Gasteiger partial charge in [-0.2, -0.15) is 0 Å². The molecule has 0 saturated heterocycles. The van der Waals surface area contributed by atoms with E-state index in [4.69, 9.17) is 11.6 Å². The molecule has 0 aliphatic carbocycles. The van der Waals surface area contributed by atoms with E-state index in [0.717, 1.165) is 25.1 Å². The highest BCUT2D eigenvalue weighted by molar-refractivity contribution is 6.30. The summed E-state index contributed by atoms with van der Waals surface area (Å²) in [5.74, 6) is -0.239. The standard InChI is InChI=1S/C16H18ClN3O/c1-2-3-9-18-14-8-10-19-15(11-14)16(21)20-13-6-4-12(17)5-7-13/h4-8,10-11H,2-3,9H2,1H3,(H,18,19)(H,20,21). The number of unbranched alkanes of at least 4 members (excludes halogenated alkanes) is 1. The zero-order chi connectivity index (χ0) is 15.1. The lowest BCUT2D eigenvalue weighted by atomic mass is 10.2. The summed E-state index contributed by atoms with van der Waals surface area (Å²) < 4.78 is 0. The summed E-state index contributed by atoms with van der Waals surface area (Å²) in [7, 11) is 0. The van der Waals surface area contributed by atoms with Crippen molar-refractivity contribution < 1.29 is 4.79 Å². The summed E-state index contributed by atoms with van der Waals surface area (Å²) in [6, 6.07) is 10.6. The second-order valence-electron chi connectivity index (χ2n) is 4.67. The van der Waals surface area contributed by atoms with E-state index < -0.39 is 0 Å². The molecule has 1 heterocycles. The molecule has 1 aromatic carbocycles. The molecule has 4 nitrogen and oxygen atoms in total. The SMILES string of the molecule is CCCCNc1ccnc(C(=O)Nc2ccc(Cl)cc2)c1. The van der Waals surface area contributed by atoms with E-state index in [-0.39, 0.29) is 5.91 Å². The maximum absolute atomic E-state index is 12.1. The molecule has 0 atom stereocenters. The number of nitrogens with one attached hydrogen (secondary N) is 2. The Morgan fingerprint density at radius 3 is 2.67 bits per heavy atom. The fraction of sp³-hybridized carbons (Fsp3) is 0.250. The Bertz CT molecular complexity index is 599. The van der Waals surface area contributed by atoms with Gasteiger partial charge < -0.3 is 10.6 Å². The average molecular weight is 304 g/mol. The summed E-state index contributed by atoms with van der Waals surface area (Å²) in [5, 5.41) is 6.70. The van der Waals surface area contributed by atoms with Gasteiger partial charge in [-0.15, -0.1) is 0 Å². The first-order chi connectivity index (χ1) is 10.2. The van der Waals surface area contributed by atoms with Crippen molar-refractivity contribution >= 4 is 28.9 Å². The van der Waals surface area contributed by atoms with Crippen LogP contribution >= 0.6 is 11.6 Å². The van der Waals surface area contributed by atoms with Crippen LogP contribution in [0, 0.1) is 0 Å². The second kappa shape index (κ2) is 7.64. The lowest BCUT2D eigenvalue weighted by Crippen LogP contribution is -2.14. The zero-order valence-corrected chi connectivity index (χ0v) is 12.7. The first-order valence-electron chi connectivity index (χ1n) is 6.96. The highest BCUT2D eigenvalue weighted by atomic mass is 35.5. The van der Waals surface area contributed by atoms with Gasteiger partial charge in [0.05, 0.1) is 0 Å². The number of hydrogen-bond donors (Lipinski definition) is 2. The fourth-order valence-corrected chi connectivity index (χ4v) is 1.93. The van der Waals surface area contributed by atoms with E-state index >= 15 is 0 Å². The second-order valence-corrected chi connectivity index (χ2v) is 5.11. The molecule has 0 radical (unpaired) electrons. The van der Waals surface area contributed by atoms with Crippen LogP contribution in [0.2, 0.25) is 5.02 Å². The number of halogens is 1. The largest absolute Gasteiger partial charge is 0.385 e. The number of carbonyl (C=O) groups is 1. The number of amides is 1. The van der Waals surface area contributed by atoms with Crippen molar-refractivity contribution in [1.82, 2.24) is 4.98 Å². The molecule has 5 heteroatoms. The Balaban J connectivity index is 2.01. The summed E-state index contributed by atoms with van der Waals surface area (Å²) in [6.07, 6.45) is 3.85. The minimum Gasteiger partial charge on any atom is -0.385 e. The van der Waals surface area contributed by atoms with Crippen LogP contribution in [-0.2, 0) is 0 Å². The van der Waals surface area contributed by atoms with Crippen LogP contribution < -0.4 is 10.6 Å². The van der Waals surface area contributed by atoms with Crippen LogP contribution in [0.25, 0.3) is 0 Å². The van der Waals surface area contributed by atoms with Gasteiger partial charge in [-0.1, -0.05) is 24.9 Å². The molecule has 110 valence electrons. The van der Waals surface area contributed by atoms with Gasteiger partial charge >= 0.3 is 0 Å². The van der Waals surface area contributed by atoms with E-state index in [1.807, 2.05) is 6.07 Å². The lowest BCUT2D eigenvalue weighted by molar-refractivity contribution is 0.102. The number of pyridine rings is 1. The summed E-state index contributed by atoms with van der Waals surface area (Å²) in [6.45, 7) is 3.03.